The summed E-state index contributed by atoms with van der Waals surface area (Å²) in [5, 5.41) is 0. The third-order valence-electron chi connectivity index (χ3n) is 1.99. The molecule has 0 heteroatoms. The van der Waals surface area contributed by atoms with Crippen molar-refractivity contribution in [3.8, 4) is 0 Å². The van der Waals surface area contributed by atoms with Gasteiger partial charge in [-0.25, -0.2) is 0 Å². The van der Waals surface area contributed by atoms with E-state index in [0.717, 1.165) is 6.42 Å². The molecule has 0 atom stereocenters. The van der Waals surface area contributed by atoms with Crippen molar-refractivity contribution in [2.75, 3.05) is 0 Å². The Kier molecular flexibility index (Phi) is 2.48. The monoisotopic (exact) mass is 146 g/mol. The van der Waals surface area contributed by atoms with Crippen LogP contribution in [0.4, 0.5) is 0 Å². The third kappa shape index (κ3) is 1.94. The topological polar surface area (TPSA) is 0 Å². The molecular weight excluding hydrogens is 132 g/mol. The van der Waals surface area contributed by atoms with E-state index in [1.807, 2.05) is 0 Å². The van der Waals surface area contributed by atoms with Gasteiger partial charge in [-0.15, -0.1) is 0 Å². The minimum absolute atomic E-state index is 1.01. The van der Waals surface area contributed by atoms with E-state index >= 15 is 0 Å². The zero-order valence-corrected chi connectivity index (χ0v) is 7.22. The van der Waals surface area contributed by atoms with Gasteiger partial charge in [0.1, 0.15) is 0 Å². The van der Waals surface area contributed by atoms with Crippen LogP contribution in [0.2, 0.25) is 0 Å². The molecule has 0 radical (unpaired) electrons. The highest BCUT2D eigenvalue weighted by Crippen LogP contribution is 2.22. The molecule has 0 aromatic rings. The summed E-state index contributed by atoms with van der Waals surface area (Å²) in [7, 11) is 0. The van der Waals surface area contributed by atoms with Crippen molar-refractivity contribution in [2.24, 2.45) is 0 Å². The van der Waals surface area contributed by atoms with Gasteiger partial charge in [-0.05, 0) is 25.8 Å². The van der Waals surface area contributed by atoms with Crippen molar-refractivity contribution in [1.82, 2.24) is 0 Å². The first-order valence-corrected chi connectivity index (χ1v) is 3.92. The van der Waals surface area contributed by atoms with Crippen LogP contribution in [0.5, 0.6) is 0 Å². The van der Waals surface area contributed by atoms with Crippen LogP contribution in [-0.2, 0) is 0 Å². The van der Waals surface area contributed by atoms with Gasteiger partial charge >= 0.3 is 0 Å². The zero-order chi connectivity index (χ0) is 8.27. The van der Waals surface area contributed by atoms with Gasteiger partial charge in [-0.3, -0.25) is 0 Å². The lowest BCUT2D eigenvalue weighted by Crippen LogP contribution is -1.90. The van der Waals surface area contributed by atoms with Crippen LogP contribution >= 0.6 is 0 Å². The fourth-order valence-electron chi connectivity index (χ4n) is 1.12. The Morgan fingerprint density at radius 1 is 1.64 bits per heavy atom. The molecule has 1 aliphatic rings. The molecule has 0 spiro atoms. The van der Waals surface area contributed by atoms with Gasteiger partial charge < -0.3 is 0 Å². The molecule has 0 aliphatic heterocycles. The predicted octanol–water partition coefficient (Wildman–Crippen LogP) is 3.40. The van der Waals surface area contributed by atoms with Crippen LogP contribution in [0.15, 0.2) is 47.6 Å². The van der Waals surface area contributed by atoms with E-state index in [-0.39, 0.29) is 0 Å². The van der Waals surface area contributed by atoms with Crippen molar-refractivity contribution in [3.05, 3.63) is 47.6 Å². The molecule has 58 valence electrons. The summed E-state index contributed by atoms with van der Waals surface area (Å²) >= 11 is 0. The maximum atomic E-state index is 3.93. The number of allylic oxidation sites excluding steroid dienone is 7. The maximum Gasteiger partial charge on any atom is -0.00291 e. The molecule has 0 saturated heterocycles. The maximum absolute atomic E-state index is 3.93. The van der Waals surface area contributed by atoms with Crippen LogP contribution in [0, 0.1) is 0 Å². The molecule has 0 fully saturated rings. The van der Waals surface area contributed by atoms with Gasteiger partial charge in [0, 0.05) is 0 Å². The summed E-state index contributed by atoms with van der Waals surface area (Å²) in [6.45, 7) is 8.13. The first-order valence-electron chi connectivity index (χ1n) is 3.92. The molecule has 0 nitrogen and oxygen atoms in total. The molecule has 11 heavy (non-hydrogen) atoms. The lowest BCUT2D eigenvalue weighted by molar-refractivity contribution is 1.14. The van der Waals surface area contributed by atoms with E-state index in [0.29, 0.717) is 0 Å². The van der Waals surface area contributed by atoms with Crippen LogP contribution < -0.4 is 0 Å². The standard InChI is InChI=1S/C11H14/c1-4-10(3)11-7-5-6-9(2)8-11/h4-7H,2,8H2,1,3H3/b10-4+. The van der Waals surface area contributed by atoms with Crippen molar-refractivity contribution in [3.63, 3.8) is 0 Å². The molecule has 0 bridgehead atoms. The average Bonchev–Trinajstić information content (AvgIpc) is 2.03. The second-order valence-corrected chi connectivity index (χ2v) is 2.86. The average molecular weight is 146 g/mol. The first-order chi connectivity index (χ1) is 5.24. The Morgan fingerprint density at radius 3 is 2.91 bits per heavy atom. The highest BCUT2D eigenvalue weighted by atomic mass is 14.1. The van der Waals surface area contributed by atoms with Gasteiger partial charge in [-0.1, -0.05) is 42.0 Å². The summed E-state index contributed by atoms with van der Waals surface area (Å²) < 4.78 is 0. The fraction of sp³-hybridized carbons (Fsp3) is 0.273. The lowest BCUT2D eigenvalue weighted by atomic mass is 9.96. The van der Waals surface area contributed by atoms with Crippen LogP contribution in [0.1, 0.15) is 20.3 Å². The molecule has 0 saturated carbocycles. The third-order valence-corrected chi connectivity index (χ3v) is 1.99. The predicted molar refractivity (Wildman–Crippen MR) is 50.4 cm³/mol. The second-order valence-electron chi connectivity index (χ2n) is 2.86. The molecule has 0 aromatic heterocycles. The minimum Gasteiger partial charge on any atom is -0.0955 e. The largest absolute Gasteiger partial charge is 0.0955 e. The number of hydrogen-bond donors (Lipinski definition) is 0. The lowest BCUT2D eigenvalue weighted by Gasteiger charge is -2.10. The molecule has 0 N–H and O–H groups in total. The molecule has 0 unspecified atom stereocenters. The van der Waals surface area contributed by atoms with E-state index in [1.165, 1.54) is 16.7 Å². The number of hydrogen-bond acceptors (Lipinski definition) is 0. The second kappa shape index (κ2) is 3.38. The van der Waals surface area contributed by atoms with Crippen molar-refractivity contribution in [1.29, 1.82) is 0 Å². The summed E-state index contributed by atoms with van der Waals surface area (Å²) in [6, 6.07) is 0. The van der Waals surface area contributed by atoms with E-state index in [4.69, 9.17) is 0 Å². The molecule has 1 rings (SSSR count). The van der Waals surface area contributed by atoms with Gasteiger partial charge in [-0.2, -0.15) is 0 Å². The quantitative estimate of drug-likeness (QED) is 0.532. The Morgan fingerprint density at radius 2 is 2.36 bits per heavy atom. The molecule has 1 aliphatic carbocycles. The zero-order valence-electron chi connectivity index (χ0n) is 7.22. The minimum atomic E-state index is 1.01. The fourth-order valence-corrected chi connectivity index (χ4v) is 1.12. The highest BCUT2D eigenvalue weighted by Gasteiger charge is 2.02. The van der Waals surface area contributed by atoms with E-state index in [9.17, 15) is 0 Å². The van der Waals surface area contributed by atoms with E-state index < -0.39 is 0 Å². The summed E-state index contributed by atoms with van der Waals surface area (Å²) in [4.78, 5) is 0. The summed E-state index contributed by atoms with van der Waals surface area (Å²) in [6.07, 6.45) is 9.43. The van der Waals surface area contributed by atoms with E-state index in [1.54, 1.807) is 0 Å². The summed E-state index contributed by atoms with van der Waals surface area (Å²) in [5.74, 6) is 0. The van der Waals surface area contributed by atoms with Gasteiger partial charge in [0.15, 0.2) is 0 Å². The number of rotatable bonds is 1. The van der Waals surface area contributed by atoms with Crippen LogP contribution in [0.25, 0.3) is 0 Å². The Balaban J connectivity index is 2.82. The smallest absolute Gasteiger partial charge is 0.00291 e. The van der Waals surface area contributed by atoms with Crippen LogP contribution in [0.3, 0.4) is 0 Å². The van der Waals surface area contributed by atoms with Gasteiger partial charge in [0.05, 0.1) is 0 Å². The molecule has 0 amide bonds. The normalized spacial score (nSPS) is 18.5. The van der Waals surface area contributed by atoms with E-state index in [2.05, 4.69) is 44.7 Å². The molecule has 0 heterocycles. The van der Waals surface area contributed by atoms with Gasteiger partial charge in [0.2, 0.25) is 0 Å². The molecular formula is C11H14. The Hall–Kier alpha value is -1.04. The van der Waals surface area contributed by atoms with Crippen molar-refractivity contribution < 1.29 is 0 Å². The Bertz CT molecular complexity index is 249. The first kappa shape index (κ1) is 8.06. The highest BCUT2D eigenvalue weighted by molar-refractivity contribution is 5.41. The van der Waals surface area contributed by atoms with Crippen molar-refractivity contribution >= 4 is 0 Å². The summed E-state index contributed by atoms with van der Waals surface area (Å²) in [5.41, 5.74) is 3.94. The van der Waals surface area contributed by atoms with Crippen LogP contribution in [-0.4, -0.2) is 0 Å². The van der Waals surface area contributed by atoms with Crippen molar-refractivity contribution in [2.45, 2.75) is 20.3 Å². The SMILES string of the molecule is C=C1C=CC=C(/C(C)=C/C)C1. The Labute approximate surface area is 68.6 Å². The van der Waals surface area contributed by atoms with Gasteiger partial charge in [0.25, 0.3) is 0 Å². The molecule has 0 aromatic carbocycles.